The highest BCUT2D eigenvalue weighted by Crippen LogP contribution is 2.65. The predicted octanol–water partition coefficient (Wildman–Crippen LogP) is 3.74. The predicted molar refractivity (Wildman–Crippen MR) is 116 cm³/mol. The lowest BCUT2D eigenvalue weighted by Gasteiger charge is -2.69. The molecule has 1 aromatic heterocycles. The van der Waals surface area contributed by atoms with Gasteiger partial charge in [-0.3, -0.25) is 9.53 Å². The molecular formula is C23H24ClF3N4O4. The highest BCUT2D eigenvalue weighted by molar-refractivity contribution is 6.30. The maximum absolute atomic E-state index is 12.9. The molecule has 4 atom stereocenters. The van der Waals surface area contributed by atoms with Crippen LogP contribution in [0.25, 0.3) is 0 Å². The third-order valence-electron chi connectivity index (χ3n) is 7.82. The van der Waals surface area contributed by atoms with E-state index in [1.54, 1.807) is 22.9 Å². The molecule has 1 aromatic carbocycles. The van der Waals surface area contributed by atoms with Crippen molar-refractivity contribution in [2.45, 2.75) is 86.6 Å². The van der Waals surface area contributed by atoms with Crippen LogP contribution < -0.4 is 10.1 Å². The van der Waals surface area contributed by atoms with Crippen LogP contribution in [0.5, 0.6) is 5.75 Å². The van der Waals surface area contributed by atoms with Crippen molar-refractivity contribution >= 4 is 17.5 Å². The number of benzene rings is 1. The lowest BCUT2D eigenvalue weighted by molar-refractivity contribution is -0.341. The third kappa shape index (κ3) is 4.07. The molecule has 188 valence electrons. The van der Waals surface area contributed by atoms with Gasteiger partial charge in [0, 0.05) is 34.7 Å². The van der Waals surface area contributed by atoms with Crippen molar-refractivity contribution in [1.82, 2.24) is 20.3 Å². The Hall–Kier alpha value is -2.37. The van der Waals surface area contributed by atoms with E-state index in [-0.39, 0.29) is 35.7 Å². The Bertz CT molecular complexity index is 1150. The molecule has 0 unspecified atom stereocenters. The van der Waals surface area contributed by atoms with Gasteiger partial charge in [-0.2, -0.15) is 0 Å². The summed E-state index contributed by atoms with van der Waals surface area (Å²) in [6.07, 6.45) is -1.85. The number of hydrogen-bond donors (Lipinski definition) is 2. The number of hydrogen-bond acceptors (Lipinski definition) is 6. The Morgan fingerprint density at radius 2 is 2.03 bits per heavy atom. The van der Waals surface area contributed by atoms with Crippen molar-refractivity contribution in [2.75, 3.05) is 0 Å². The Morgan fingerprint density at radius 1 is 1.26 bits per heavy atom. The molecule has 0 spiro atoms. The van der Waals surface area contributed by atoms with Crippen molar-refractivity contribution in [2.24, 2.45) is 0 Å². The molecule has 4 aliphatic carbocycles. The zero-order valence-electron chi connectivity index (χ0n) is 18.6. The maximum Gasteiger partial charge on any atom is 0.522 e. The maximum atomic E-state index is 12.9. The van der Waals surface area contributed by atoms with E-state index in [2.05, 4.69) is 20.4 Å². The van der Waals surface area contributed by atoms with Gasteiger partial charge in [0.1, 0.15) is 5.75 Å². The molecule has 5 aliphatic rings. The molecule has 0 radical (unpaired) electrons. The second kappa shape index (κ2) is 7.81. The molecule has 8 nitrogen and oxygen atoms in total. The molecule has 2 N–H and O–H groups in total. The summed E-state index contributed by atoms with van der Waals surface area (Å²) in [4.78, 5) is 12.9. The van der Waals surface area contributed by atoms with E-state index >= 15 is 0 Å². The number of nitrogens with zero attached hydrogens (tertiary/aromatic N) is 3. The number of ether oxygens (including phenoxy) is 2. The Labute approximate surface area is 203 Å². The van der Waals surface area contributed by atoms with Crippen LogP contribution >= 0.6 is 11.6 Å². The van der Waals surface area contributed by atoms with Gasteiger partial charge in [-0.15, -0.1) is 18.3 Å². The van der Waals surface area contributed by atoms with E-state index in [0.717, 1.165) is 0 Å². The van der Waals surface area contributed by atoms with Gasteiger partial charge in [-0.1, -0.05) is 16.8 Å². The number of rotatable bonds is 5. The van der Waals surface area contributed by atoms with Crippen molar-refractivity contribution in [3.05, 3.63) is 40.7 Å². The van der Waals surface area contributed by atoms with Crippen molar-refractivity contribution in [3.8, 4) is 5.75 Å². The first-order valence-electron chi connectivity index (χ1n) is 11.7. The molecule has 2 bridgehead atoms. The van der Waals surface area contributed by atoms with E-state index in [9.17, 15) is 23.1 Å². The molecule has 2 heterocycles. The molecule has 7 rings (SSSR count). The van der Waals surface area contributed by atoms with Crippen LogP contribution in [0, 0.1) is 0 Å². The summed E-state index contributed by atoms with van der Waals surface area (Å²) in [5.74, 6) is 0.0796. The molecule has 4 saturated carbocycles. The number of alkyl halides is 3. The second-order valence-electron chi connectivity index (χ2n) is 10.3. The van der Waals surface area contributed by atoms with E-state index in [0.29, 0.717) is 54.1 Å². The number of carbonyl (C=O) groups is 1. The zero-order chi connectivity index (χ0) is 24.6. The van der Waals surface area contributed by atoms with Gasteiger partial charge in [-0.05, 0) is 56.7 Å². The number of carbonyl (C=O) groups excluding carboxylic acids is 1. The lowest BCUT2D eigenvalue weighted by Crippen LogP contribution is -2.79. The molecule has 1 aliphatic heterocycles. The number of fused-ring (bicyclic) bond motifs is 1. The summed E-state index contributed by atoms with van der Waals surface area (Å²) in [6.45, 7) is 0. The standard InChI is InChI=1S/C23H24ClF3N4O4/c24-13-2-4-18-15(6-13)17(32)7-19(34-18)20(33)28-21-9-22(10-21,11-21)31-8-16(29-30-31)12-1-3-14(5-12)35-23(25,26)27/h2,4,6,8,12,14,17,19,32H,1,3,5,7,9-11H2,(H,28,33)/t12-,14+,17-,19-,21?,22?/m1/s1. The fraction of sp³-hybridized carbons (Fsp3) is 0.609. The van der Waals surface area contributed by atoms with E-state index in [4.69, 9.17) is 16.3 Å². The van der Waals surface area contributed by atoms with Crippen molar-refractivity contribution < 1.29 is 32.5 Å². The molecule has 2 aromatic rings. The monoisotopic (exact) mass is 512 g/mol. The number of nitrogens with one attached hydrogen (secondary N) is 1. The normalized spacial score (nSPS) is 35.5. The topological polar surface area (TPSA) is 98.5 Å². The zero-order valence-corrected chi connectivity index (χ0v) is 19.3. The number of aliphatic hydroxyl groups is 1. The van der Waals surface area contributed by atoms with E-state index < -0.39 is 24.7 Å². The minimum absolute atomic E-state index is 0.107. The minimum atomic E-state index is -4.63. The lowest BCUT2D eigenvalue weighted by atomic mass is 9.44. The van der Waals surface area contributed by atoms with Gasteiger partial charge in [-0.25, -0.2) is 4.68 Å². The minimum Gasteiger partial charge on any atom is -0.480 e. The summed E-state index contributed by atoms with van der Waals surface area (Å²) < 4.78 is 49.3. The van der Waals surface area contributed by atoms with Gasteiger partial charge in [0.2, 0.25) is 0 Å². The fourth-order valence-corrected chi connectivity index (χ4v) is 6.41. The van der Waals surface area contributed by atoms with Crippen LogP contribution in [-0.2, 0) is 15.1 Å². The molecule has 4 fully saturated rings. The Balaban J connectivity index is 1.04. The summed E-state index contributed by atoms with van der Waals surface area (Å²) in [5.41, 5.74) is 0.697. The van der Waals surface area contributed by atoms with Crippen molar-refractivity contribution in [1.29, 1.82) is 0 Å². The van der Waals surface area contributed by atoms with Gasteiger partial charge in [0.15, 0.2) is 6.10 Å². The highest BCUT2D eigenvalue weighted by atomic mass is 35.5. The quantitative estimate of drug-likeness (QED) is 0.633. The van der Waals surface area contributed by atoms with Crippen LogP contribution in [0.4, 0.5) is 13.2 Å². The van der Waals surface area contributed by atoms with Crippen LogP contribution in [0.2, 0.25) is 5.02 Å². The van der Waals surface area contributed by atoms with Gasteiger partial charge < -0.3 is 15.2 Å². The molecule has 12 heteroatoms. The van der Waals surface area contributed by atoms with Crippen LogP contribution in [0.1, 0.15) is 68.2 Å². The van der Waals surface area contributed by atoms with Crippen LogP contribution in [0.15, 0.2) is 24.4 Å². The van der Waals surface area contributed by atoms with E-state index in [1.165, 1.54) is 0 Å². The fourth-order valence-electron chi connectivity index (χ4n) is 6.23. The summed E-state index contributed by atoms with van der Waals surface area (Å²) in [5, 5.41) is 22.5. The van der Waals surface area contributed by atoms with Gasteiger partial charge in [0.05, 0.1) is 23.4 Å². The first-order chi connectivity index (χ1) is 16.5. The molecule has 0 saturated heterocycles. The Kier molecular flexibility index (Phi) is 5.15. The number of halogens is 4. The first-order valence-corrected chi connectivity index (χ1v) is 12.0. The van der Waals surface area contributed by atoms with Crippen molar-refractivity contribution in [3.63, 3.8) is 0 Å². The molecule has 1 amide bonds. The van der Waals surface area contributed by atoms with Gasteiger partial charge in [0.25, 0.3) is 5.91 Å². The summed E-state index contributed by atoms with van der Waals surface area (Å²) in [6, 6.07) is 4.95. The van der Waals surface area contributed by atoms with Gasteiger partial charge >= 0.3 is 6.36 Å². The number of amides is 1. The Morgan fingerprint density at radius 3 is 2.77 bits per heavy atom. The van der Waals surface area contributed by atoms with Crippen LogP contribution in [0.3, 0.4) is 0 Å². The largest absolute Gasteiger partial charge is 0.522 e. The average molecular weight is 513 g/mol. The molecule has 35 heavy (non-hydrogen) atoms. The SMILES string of the molecule is O=C(NC12CC(n3cc([C@@H]4CC[C@H](OC(F)(F)F)C4)nn3)(C1)C2)[C@H]1C[C@@H](O)c2cc(Cl)ccc2O1. The summed E-state index contributed by atoms with van der Waals surface area (Å²) >= 11 is 5.99. The summed E-state index contributed by atoms with van der Waals surface area (Å²) in [7, 11) is 0. The first kappa shape index (κ1) is 23.1. The average Bonchev–Trinajstić information content (AvgIpc) is 3.38. The third-order valence-corrected chi connectivity index (χ3v) is 8.06. The highest BCUT2D eigenvalue weighted by Gasteiger charge is 2.70. The van der Waals surface area contributed by atoms with Crippen LogP contribution in [-0.4, -0.2) is 50.1 Å². The second-order valence-corrected chi connectivity index (χ2v) is 10.8. The molecular weight excluding hydrogens is 489 g/mol. The van der Waals surface area contributed by atoms with E-state index in [1.807, 2.05) is 6.20 Å². The smallest absolute Gasteiger partial charge is 0.480 e. The number of aromatic nitrogens is 3. The number of aliphatic hydroxyl groups excluding tert-OH is 1.